The predicted octanol–water partition coefficient (Wildman–Crippen LogP) is 10.9. The zero-order valence-corrected chi connectivity index (χ0v) is 43.5. The average Bonchev–Trinajstić information content (AvgIpc) is 3.52. The van der Waals surface area contributed by atoms with Crippen molar-refractivity contribution in [3.05, 3.63) is 251 Å². The van der Waals surface area contributed by atoms with E-state index in [0.717, 1.165) is 22.3 Å². The van der Waals surface area contributed by atoms with Crippen LogP contribution in [0.2, 0.25) is 0 Å². The lowest BCUT2D eigenvalue weighted by atomic mass is 9.96. The number of rotatable bonds is 24. The van der Waals surface area contributed by atoms with E-state index in [2.05, 4.69) is 0 Å². The highest BCUT2D eigenvalue weighted by Crippen LogP contribution is 2.39. The van der Waals surface area contributed by atoms with Crippen LogP contribution in [-0.4, -0.2) is 97.4 Å². The summed E-state index contributed by atoms with van der Waals surface area (Å²) in [4.78, 5) is 42.6. The molecule has 2 aliphatic heterocycles. The maximum Gasteiger partial charge on any atom is 0.338 e. The number of carbonyl (C=O) groups excluding carboxylic acids is 3. The molecular formula is C63H62O13S. The molecule has 7 aromatic rings. The smallest absolute Gasteiger partial charge is 0.338 e. The summed E-state index contributed by atoms with van der Waals surface area (Å²) in [6.45, 7) is 2.28. The van der Waals surface area contributed by atoms with Crippen molar-refractivity contribution >= 4 is 29.7 Å². The molecule has 0 amide bonds. The molecule has 14 heteroatoms. The fourth-order valence-corrected chi connectivity index (χ4v) is 10.0. The van der Waals surface area contributed by atoms with Crippen molar-refractivity contribution in [2.75, 3.05) is 19.0 Å². The first-order chi connectivity index (χ1) is 37.9. The van der Waals surface area contributed by atoms with Crippen molar-refractivity contribution in [3.63, 3.8) is 0 Å². The second kappa shape index (κ2) is 28.4. The Hall–Kier alpha value is -6.98. The van der Waals surface area contributed by atoms with E-state index in [1.165, 1.54) is 11.8 Å². The minimum atomic E-state index is -1.41. The first-order valence-electron chi connectivity index (χ1n) is 25.8. The molecule has 2 heterocycles. The normalized spacial score (nSPS) is 23.1. The molecule has 13 nitrogen and oxygen atoms in total. The highest BCUT2D eigenvalue weighted by atomic mass is 32.2. The van der Waals surface area contributed by atoms with Gasteiger partial charge in [-0.25, -0.2) is 14.4 Å². The summed E-state index contributed by atoms with van der Waals surface area (Å²) in [5.41, 5.74) is 3.49. The molecule has 7 aromatic carbocycles. The zero-order chi connectivity index (χ0) is 53.0. The van der Waals surface area contributed by atoms with E-state index in [1.807, 2.05) is 128 Å². The Morgan fingerprint density at radius 1 is 0.403 bits per heavy atom. The molecule has 10 atom stereocenters. The Bertz CT molecular complexity index is 2850. The Balaban J connectivity index is 1.15. The molecule has 398 valence electrons. The van der Waals surface area contributed by atoms with Crippen molar-refractivity contribution in [2.45, 2.75) is 93.9 Å². The molecule has 0 unspecified atom stereocenters. The number of thioether (sulfide) groups is 1. The number of hydrogen-bond acceptors (Lipinski definition) is 14. The van der Waals surface area contributed by atoms with Gasteiger partial charge in [0.05, 0.1) is 49.7 Å². The standard InChI is InChI=1S/C63H62O13S/c1-2-77-63-58(75-61(66)50-36-22-9-23-37-50)56(74-60(65)49-34-20-8-21-35-49)54(52(73-63)43-71-59(64)48-32-18-7-19-33-48)76-62-57(70-41-47-30-16-6-17-31-47)55(69-40-46-28-14-5-15-29-46)53(68-39-45-26-12-4-13-27-45)51(72-62)42-67-38-44-24-10-3-11-25-44/h3-37,51-58,62-63H,2,38-43H2,1H3/t51-,52-,53-,54-,55+,56+,57-,58-,62-,63+/m1/s1. The lowest BCUT2D eigenvalue weighted by Crippen LogP contribution is -2.66. The number of esters is 3. The van der Waals surface area contributed by atoms with Gasteiger partial charge in [0.25, 0.3) is 0 Å². The first-order valence-corrected chi connectivity index (χ1v) is 26.9. The van der Waals surface area contributed by atoms with Gasteiger partial charge in [-0.1, -0.05) is 183 Å². The summed E-state index contributed by atoms with van der Waals surface area (Å²) in [6, 6.07) is 64.6. The maximum absolute atomic E-state index is 14.5. The van der Waals surface area contributed by atoms with Gasteiger partial charge in [-0.2, -0.15) is 0 Å². The molecule has 2 saturated heterocycles. The Morgan fingerprint density at radius 3 is 1.26 bits per heavy atom. The van der Waals surface area contributed by atoms with Crippen molar-refractivity contribution in [2.24, 2.45) is 0 Å². The van der Waals surface area contributed by atoms with E-state index in [9.17, 15) is 14.4 Å². The molecule has 0 bridgehead atoms. The molecule has 0 aromatic heterocycles. The second-order valence-corrected chi connectivity index (χ2v) is 19.7. The summed E-state index contributed by atoms with van der Waals surface area (Å²) in [5.74, 6) is -1.53. The summed E-state index contributed by atoms with van der Waals surface area (Å²) in [6.07, 6.45) is -10.3. The summed E-state index contributed by atoms with van der Waals surface area (Å²) < 4.78 is 67.9. The van der Waals surface area contributed by atoms with Crippen LogP contribution in [0.4, 0.5) is 0 Å². The summed E-state index contributed by atoms with van der Waals surface area (Å²) >= 11 is 1.33. The van der Waals surface area contributed by atoms with Crippen LogP contribution >= 0.6 is 11.8 Å². The predicted molar refractivity (Wildman–Crippen MR) is 289 cm³/mol. The van der Waals surface area contributed by atoms with E-state index >= 15 is 0 Å². The lowest BCUT2D eigenvalue weighted by Gasteiger charge is -2.49. The van der Waals surface area contributed by atoms with E-state index in [4.69, 9.17) is 47.4 Å². The van der Waals surface area contributed by atoms with E-state index in [1.54, 1.807) is 91.0 Å². The third-order valence-electron chi connectivity index (χ3n) is 12.9. The molecule has 2 aliphatic rings. The van der Waals surface area contributed by atoms with Crippen LogP contribution in [0.1, 0.15) is 60.3 Å². The zero-order valence-electron chi connectivity index (χ0n) is 42.6. The van der Waals surface area contributed by atoms with Crippen LogP contribution in [0.25, 0.3) is 0 Å². The minimum Gasteiger partial charge on any atom is -0.459 e. The third-order valence-corrected chi connectivity index (χ3v) is 14.0. The third kappa shape index (κ3) is 15.4. The van der Waals surface area contributed by atoms with Crippen molar-refractivity contribution in [1.82, 2.24) is 0 Å². The summed E-state index contributed by atoms with van der Waals surface area (Å²) in [7, 11) is 0. The maximum atomic E-state index is 14.5. The number of ether oxygens (including phenoxy) is 10. The monoisotopic (exact) mass is 1060 g/mol. The van der Waals surface area contributed by atoms with Crippen LogP contribution in [0.5, 0.6) is 0 Å². The van der Waals surface area contributed by atoms with Crippen LogP contribution in [0, 0.1) is 0 Å². The fourth-order valence-electron chi connectivity index (χ4n) is 9.09. The van der Waals surface area contributed by atoms with Gasteiger partial charge in [0.1, 0.15) is 48.7 Å². The van der Waals surface area contributed by atoms with Crippen molar-refractivity contribution in [1.29, 1.82) is 0 Å². The van der Waals surface area contributed by atoms with Gasteiger partial charge in [0, 0.05) is 0 Å². The number of benzene rings is 7. The molecule has 0 spiro atoms. The lowest BCUT2D eigenvalue weighted by molar-refractivity contribution is -0.355. The molecule has 77 heavy (non-hydrogen) atoms. The van der Waals surface area contributed by atoms with Gasteiger partial charge >= 0.3 is 17.9 Å². The number of carbonyl (C=O) groups is 3. The van der Waals surface area contributed by atoms with E-state index < -0.39 is 78.5 Å². The molecule has 0 saturated carbocycles. The molecule has 9 rings (SSSR count). The molecule has 0 N–H and O–H groups in total. The van der Waals surface area contributed by atoms with Crippen LogP contribution < -0.4 is 0 Å². The largest absolute Gasteiger partial charge is 0.459 e. The van der Waals surface area contributed by atoms with Crippen LogP contribution in [0.15, 0.2) is 212 Å². The minimum absolute atomic E-state index is 0.0169. The highest BCUT2D eigenvalue weighted by molar-refractivity contribution is 7.99. The molecule has 2 fully saturated rings. The van der Waals surface area contributed by atoms with Crippen molar-refractivity contribution < 1.29 is 61.8 Å². The summed E-state index contributed by atoms with van der Waals surface area (Å²) in [5, 5.41) is 0. The molecule has 0 aliphatic carbocycles. The Labute approximate surface area is 453 Å². The Kier molecular flexibility index (Phi) is 20.2. The SMILES string of the molecule is CCS[C@@H]1O[C@H](COC(=O)c2ccccc2)[C@@H](O[C@H]2O[C@H](COCc3ccccc3)[C@@H](OCc3ccccc3)[C@H](OCc3ccccc3)[C@H]2OCc2ccccc2)[C@H](OC(=O)c2ccccc2)[C@H]1OC(=O)c1ccccc1. The average molecular weight is 1060 g/mol. The van der Waals surface area contributed by atoms with Crippen molar-refractivity contribution in [3.8, 4) is 0 Å². The van der Waals surface area contributed by atoms with E-state index in [-0.39, 0.29) is 50.8 Å². The van der Waals surface area contributed by atoms with Gasteiger partial charge in [0.15, 0.2) is 18.5 Å². The highest BCUT2D eigenvalue weighted by Gasteiger charge is 2.56. The van der Waals surface area contributed by atoms with Crippen LogP contribution in [0.3, 0.4) is 0 Å². The molecular weight excluding hydrogens is 997 g/mol. The topological polar surface area (TPSA) is 144 Å². The van der Waals surface area contributed by atoms with E-state index in [0.29, 0.717) is 11.3 Å². The second-order valence-electron chi connectivity index (χ2n) is 18.4. The van der Waals surface area contributed by atoms with Gasteiger partial charge < -0.3 is 47.4 Å². The first kappa shape index (κ1) is 54.8. The molecule has 0 radical (unpaired) electrons. The number of hydrogen-bond donors (Lipinski definition) is 0. The fraction of sp³-hybridized carbons (Fsp3) is 0.286. The van der Waals surface area contributed by atoms with Gasteiger partial charge in [-0.05, 0) is 64.4 Å². The van der Waals surface area contributed by atoms with Gasteiger partial charge in [0.2, 0.25) is 0 Å². The van der Waals surface area contributed by atoms with Gasteiger partial charge in [-0.3, -0.25) is 0 Å². The quantitative estimate of drug-likeness (QED) is 0.0418. The van der Waals surface area contributed by atoms with Crippen LogP contribution in [-0.2, 0) is 73.8 Å². The Morgan fingerprint density at radius 2 is 0.792 bits per heavy atom. The van der Waals surface area contributed by atoms with Gasteiger partial charge in [-0.15, -0.1) is 11.8 Å².